The zero-order chi connectivity index (χ0) is 15.1. The van der Waals surface area contributed by atoms with Gasteiger partial charge in [0.25, 0.3) is 0 Å². The topological polar surface area (TPSA) is 55.1 Å². The van der Waals surface area contributed by atoms with E-state index >= 15 is 0 Å². The lowest BCUT2D eigenvalue weighted by molar-refractivity contribution is -0.122. The summed E-state index contributed by atoms with van der Waals surface area (Å²) in [5, 5.41) is 4.09. The molecule has 0 saturated carbocycles. The van der Waals surface area contributed by atoms with Gasteiger partial charge in [-0.05, 0) is 36.1 Å². The fourth-order valence-corrected chi connectivity index (χ4v) is 3.10. The number of amides is 1. The lowest BCUT2D eigenvalue weighted by atomic mass is 10.0. The second-order valence-electron chi connectivity index (χ2n) is 4.67. The zero-order valence-corrected chi connectivity index (χ0v) is 15.2. The number of hydrogen-bond acceptors (Lipinski definition) is 3. The first-order chi connectivity index (χ1) is 9.47. The number of thioether (sulfide) groups is 1. The normalized spacial score (nSPS) is 13.2. The Morgan fingerprint density at radius 3 is 2.48 bits per heavy atom. The molecule has 1 amide bonds. The SMILES string of the molecule is CSCC[C@H](N)C(=O)NCC(C)c1c(Cl)cccc1Cl.Cl. The summed E-state index contributed by atoms with van der Waals surface area (Å²) >= 11 is 14.0. The van der Waals surface area contributed by atoms with Crippen LogP contribution in [0.4, 0.5) is 0 Å². The van der Waals surface area contributed by atoms with Gasteiger partial charge in [0, 0.05) is 22.5 Å². The van der Waals surface area contributed by atoms with Crippen LogP contribution in [0.15, 0.2) is 18.2 Å². The second-order valence-corrected chi connectivity index (χ2v) is 6.47. The summed E-state index contributed by atoms with van der Waals surface area (Å²) in [6.07, 6.45) is 2.67. The van der Waals surface area contributed by atoms with Crippen molar-refractivity contribution in [2.24, 2.45) is 5.73 Å². The van der Waals surface area contributed by atoms with Crippen LogP contribution in [-0.2, 0) is 4.79 Å². The average Bonchev–Trinajstić information content (AvgIpc) is 2.41. The first-order valence-electron chi connectivity index (χ1n) is 6.43. The lowest BCUT2D eigenvalue weighted by Gasteiger charge is -2.18. The molecule has 120 valence electrons. The highest BCUT2D eigenvalue weighted by atomic mass is 35.5. The Morgan fingerprint density at radius 2 is 1.95 bits per heavy atom. The Labute approximate surface area is 146 Å². The van der Waals surface area contributed by atoms with Crippen LogP contribution in [-0.4, -0.2) is 30.5 Å². The minimum atomic E-state index is -0.462. The maximum atomic E-state index is 11.8. The average molecular weight is 372 g/mol. The van der Waals surface area contributed by atoms with Gasteiger partial charge in [-0.15, -0.1) is 12.4 Å². The molecular formula is C14H21Cl3N2OS. The van der Waals surface area contributed by atoms with Crippen molar-refractivity contribution >= 4 is 53.3 Å². The largest absolute Gasteiger partial charge is 0.354 e. The molecule has 2 atom stereocenters. The van der Waals surface area contributed by atoms with Crippen LogP contribution < -0.4 is 11.1 Å². The summed E-state index contributed by atoms with van der Waals surface area (Å²) in [5.74, 6) is 0.780. The molecule has 0 aliphatic rings. The Morgan fingerprint density at radius 1 is 1.38 bits per heavy atom. The minimum absolute atomic E-state index is 0. The van der Waals surface area contributed by atoms with E-state index < -0.39 is 6.04 Å². The third-order valence-corrected chi connectivity index (χ3v) is 4.35. The highest BCUT2D eigenvalue weighted by Gasteiger charge is 2.17. The van der Waals surface area contributed by atoms with Crippen LogP contribution in [0.2, 0.25) is 10.0 Å². The maximum absolute atomic E-state index is 11.8. The van der Waals surface area contributed by atoms with E-state index in [1.807, 2.05) is 13.2 Å². The number of rotatable bonds is 7. The van der Waals surface area contributed by atoms with E-state index in [2.05, 4.69) is 5.32 Å². The lowest BCUT2D eigenvalue weighted by Crippen LogP contribution is -2.42. The Kier molecular flexibility index (Phi) is 10.5. The Hall–Kier alpha value is -0.130. The van der Waals surface area contributed by atoms with E-state index in [0.29, 0.717) is 23.0 Å². The molecule has 0 bridgehead atoms. The number of carbonyl (C=O) groups is 1. The van der Waals surface area contributed by atoms with Gasteiger partial charge in [0.15, 0.2) is 0 Å². The van der Waals surface area contributed by atoms with Gasteiger partial charge in [-0.3, -0.25) is 4.79 Å². The van der Waals surface area contributed by atoms with E-state index in [-0.39, 0.29) is 24.2 Å². The van der Waals surface area contributed by atoms with Crippen molar-refractivity contribution in [3.05, 3.63) is 33.8 Å². The molecule has 7 heteroatoms. The molecule has 0 aliphatic carbocycles. The molecule has 3 N–H and O–H groups in total. The third-order valence-electron chi connectivity index (χ3n) is 3.04. The Balaban J connectivity index is 0.00000400. The van der Waals surface area contributed by atoms with E-state index in [9.17, 15) is 4.79 Å². The first kappa shape index (κ1) is 20.9. The highest BCUT2D eigenvalue weighted by molar-refractivity contribution is 7.98. The molecule has 21 heavy (non-hydrogen) atoms. The number of hydrogen-bond donors (Lipinski definition) is 2. The summed E-state index contributed by atoms with van der Waals surface area (Å²) in [4.78, 5) is 11.8. The number of nitrogens with one attached hydrogen (secondary N) is 1. The number of carbonyl (C=O) groups excluding carboxylic acids is 1. The maximum Gasteiger partial charge on any atom is 0.236 e. The van der Waals surface area contributed by atoms with Crippen LogP contribution in [0.5, 0.6) is 0 Å². The van der Waals surface area contributed by atoms with Crippen molar-refractivity contribution in [1.29, 1.82) is 0 Å². The summed E-state index contributed by atoms with van der Waals surface area (Å²) < 4.78 is 0. The predicted molar refractivity (Wildman–Crippen MR) is 96.1 cm³/mol. The van der Waals surface area contributed by atoms with Crippen LogP contribution in [0, 0.1) is 0 Å². The van der Waals surface area contributed by atoms with Crippen molar-refractivity contribution in [1.82, 2.24) is 5.32 Å². The summed E-state index contributed by atoms with van der Waals surface area (Å²) in [7, 11) is 0. The number of benzene rings is 1. The predicted octanol–water partition coefficient (Wildman–Crippen LogP) is 3.72. The fourth-order valence-electron chi connectivity index (χ4n) is 1.84. The Bertz CT molecular complexity index is 440. The molecule has 1 aromatic carbocycles. The molecule has 1 aromatic rings. The number of halogens is 3. The van der Waals surface area contributed by atoms with Gasteiger partial charge in [-0.2, -0.15) is 11.8 Å². The van der Waals surface area contributed by atoms with Gasteiger partial charge >= 0.3 is 0 Å². The molecular weight excluding hydrogens is 351 g/mol. The third kappa shape index (κ3) is 6.66. The standard InChI is InChI=1S/C14H20Cl2N2OS.ClH/c1-9(13-10(15)4-3-5-11(13)16)8-18-14(19)12(17)6-7-20-2;/h3-5,9,12H,6-8,17H2,1-2H3,(H,18,19);1H/t9?,12-;/m0./s1. The second kappa shape index (κ2) is 10.6. The van der Waals surface area contributed by atoms with Crippen molar-refractivity contribution in [2.45, 2.75) is 25.3 Å². The summed E-state index contributed by atoms with van der Waals surface area (Å²) in [6.45, 7) is 2.44. The van der Waals surface area contributed by atoms with Crippen molar-refractivity contribution in [3.8, 4) is 0 Å². The van der Waals surface area contributed by atoms with E-state index in [4.69, 9.17) is 28.9 Å². The van der Waals surface area contributed by atoms with Gasteiger partial charge in [0.05, 0.1) is 6.04 Å². The van der Waals surface area contributed by atoms with E-state index in [1.165, 1.54) is 0 Å². The molecule has 0 radical (unpaired) electrons. The molecule has 3 nitrogen and oxygen atoms in total. The quantitative estimate of drug-likeness (QED) is 0.768. The molecule has 1 unspecified atom stereocenters. The highest BCUT2D eigenvalue weighted by Crippen LogP contribution is 2.30. The molecule has 0 spiro atoms. The smallest absolute Gasteiger partial charge is 0.236 e. The van der Waals surface area contributed by atoms with E-state index in [1.54, 1.807) is 30.0 Å². The van der Waals surface area contributed by atoms with Crippen molar-refractivity contribution in [3.63, 3.8) is 0 Å². The van der Waals surface area contributed by atoms with Gasteiger partial charge in [-0.1, -0.05) is 36.2 Å². The zero-order valence-electron chi connectivity index (χ0n) is 12.1. The molecule has 0 saturated heterocycles. The van der Waals surface area contributed by atoms with Crippen molar-refractivity contribution < 1.29 is 4.79 Å². The summed E-state index contributed by atoms with van der Waals surface area (Å²) in [5.41, 5.74) is 6.67. The summed E-state index contributed by atoms with van der Waals surface area (Å²) in [6, 6.07) is 4.94. The molecule has 1 rings (SSSR count). The first-order valence-corrected chi connectivity index (χ1v) is 8.58. The van der Waals surface area contributed by atoms with Gasteiger partial charge in [0.1, 0.15) is 0 Å². The van der Waals surface area contributed by atoms with E-state index in [0.717, 1.165) is 11.3 Å². The number of nitrogens with two attached hydrogens (primary N) is 1. The molecule has 0 heterocycles. The monoisotopic (exact) mass is 370 g/mol. The molecule has 0 fully saturated rings. The van der Waals surface area contributed by atoms with Gasteiger partial charge < -0.3 is 11.1 Å². The fraction of sp³-hybridized carbons (Fsp3) is 0.500. The molecule has 0 aromatic heterocycles. The van der Waals surface area contributed by atoms with Crippen LogP contribution in [0.1, 0.15) is 24.8 Å². The van der Waals surface area contributed by atoms with Crippen LogP contribution >= 0.6 is 47.4 Å². The van der Waals surface area contributed by atoms with Crippen molar-refractivity contribution in [2.75, 3.05) is 18.6 Å². The van der Waals surface area contributed by atoms with Crippen LogP contribution in [0.3, 0.4) is 0 Å². The molecule has 0 aliphatic heterocycles. The van der Waals surface area contributed by atoms with Gasteiger partial charge in [0.2, 0.25) is 5.91 Å². The minimum Gasteiger partial charge on any atom is -0.354 e. The van der Waals surface area contributed by atoms with Crippen LogP contribution in [0.25, 0.3) is 0 Å². The van der Waals surface area contributed by atoms with Gasteiger partial charge in [-0.25, -0.2) is 0 Å².